The van der Waals surface area contributed by atoms with E-state index >= 15 is 0 Å². The zero-order valence-electron chi connectivity index (χ0n) is 33.7. The van der Waals surface area contributed by atoms with E-state index in [1.807, 2.05) is 42.5 Å². The molecular weight excluding hydrogens is 798 g/mol. The largest absolute Gasteiger partial charge is 0.208 e. The van der Waals surface area contributed by atoms with E-state index in [0.29, 0.717) is 51.5 Å². The van der Waals surface area contributed by atoms with Gasteiger partial charge in [0, 0.05) is 35.5 Å². The van der Waals surface area contributed by atoms with Crippen LogP contribution >= 0.6 is 22.7 Å². The standard InChI is InChI=1S/C45H13B14N3S2/c46-25-19-21-27(48)32(53)35(56)38(59)42(21)64-40(19)36(57)29(50)23(25)44-60-43(18-8-4-7-17(13-18)16-11-9-15(10-12-16)14-5-2-1-3-6-14)61-45(62-44)24-30(51)31(52)26(47)20-22-28(49)33(54)34(55)37(58)41(22)63-39(20)24/h1-13H. The molecule has 7 aromatic carbocycles. The Labute approximate surface area is 397 Å². The van der Waals surface area contributed by atoms with Gasteiger partial charge >= 0.3 is 0 Å². The van der Waals surface area contributed by atoms with E-state index in [1.165, 1.54) is 22.7 Å². The molecule has 10 aromatic rings. The first kappa shape index (κ1) is 42.8. The van der Waals surface area contributed by atoms with E-state index in [0.717, 1.165) is 22.3 Å². The molecule has 0 bridgehead atoms. The van der Waals surface area contributed by atoms with Crippen LogP contribution in [-0.4, -0.2) is 125 Å². The molecule has 0 aliphatic carbocycles. The van der Waals surface area contributed by atoms with Crippen molar-refractivity contribution >= 4 is 249 Å². The van der Waals surface area contributed by atoms with Crippen LogP contribution in [0.15, 0.2) is 78.9 Å². The van der Waals surface area contributed by atoms with E-state index in [-0.39, 0.29) is 99.5 Å². The molecule has 262 valence electrons. The summed E-state index contributed by atoms with van der Waals surface area (Å²) in [5.41, 5.74) is 7.16. The second-order valence-electron chi connectivity index (χ2n) is 15.4. The molecule has 10 rings (SSSR count). The van der Waals surface area contributed by atoms with Gasteiger partial charge in [-0.1, -0.05) is 122 Å². The summed E-state index contributed by atoms with van der Waals surface area (Å²) in [6.45, 7) is 0. The van der Waals surface area contributed by atoms with Crippen LogP contribution in [0.4, 0.5) is 0 Å². The lowest BCUT2D eigenvalue weighted by atomic mass is 9.64. The van der Waals surface area contributed by atoms with Crippen molar-refractivity contribution in [3.05, 3.63) is 78.9 Å². The van der Waals surface area contributed by atoms with Gasteiger partial charge in [0.15, 0.2) is 17.5 Å². The molecule has 64 heavy (non-hydrogen) atoms. The molecule has 0 spiro atoms. The maximum absolute atomic E-state index is 7.14. The Morgan fingerprint density at radius 3 is 1.19 bits per heavy atom. The molecule has 0 fully saturated rings. The van der Waals surface area contributed by atoms with Gasteiger partial charge in [-0.15, -0.1) is 50.0 Å². The molecule has 0 N–H and O–H groups in total. The number of hydrogen-bond acceptors (Lipinski definition) is 5. The Morgan fingerprint density at radius 2 is 0.625 bits per heavy atom. The van der Waals surface area contributed by atoms with Crippen molar-refractivity contribution in [1.82, 2.24) is 15.0 Å². The fraction of sp³-hybridized carbons (Fsp3) is 0. The van der Waals surface area contributed by atoms with Crippen molar-refractivity contribution in [3.63, 3.8) is 0 Å². The van der Waals surface area contributed by atoms with E-state index in [9.17, 15) is 0 Å². The van der Waals surface area contributed by atoms with Gasteiger partial charge in [0.1, 0.15) is 110 Å². The van der Waals surface area contributed by atoms with Gasteiger partial charge in [0.05, 0.1) is 0 Å². The lowest BCUT2D eigenvalue weighted by Crippen LogP contribution is -2.47. The lowest BCUT2D eigenvalue weighted by molar-refractivity contribution is 1.08. The minimum absolute atomic E-state index is 0.0482. The molecule has 0 unspecified atom stereocenters. The van der Waals surface area contributed by atoms with Crippen molar-refractivity contribution in [1.29, 1.82) is 0 Å². The van der Waals surface area contributed by atoms with Crippen LogP contribution in [0.1, 0.15) is 0 Å². The highest BCUT2D eigenvalue weighted by atomic mass is 32.1. The average Bonchev–Trinajstić information content (AvgIpc) is 3.92. The van der Waals surface area contributed by atoms with Gasteiger partial charge in [0.25, 0.3) is 0 Å². The number of benzene rings is 7. The lowest BCUT2D eigenvalue weighted by Gasteiger charge is -2.19. The predicted molar refractivity (Wildman–Crippen MR) is 288 cm³/mol. The number of fused-ring (bicyclic) bond motifs is 6. The second-order valence-corrected chi connectivity index (χ2v) is 17.4. The summed E-state index contributed by atoms with van der Waals surface area (Å²) >= 11 is 2.47. The van der Waals surface area contributed by atoms with Gasteiger partial charge < -0.3 is 0 Å². The van der Waals surface area contributed by atoms with Crippen molar-refractivity contribution < 1.29 is 0 Å². The van der Waals surface area contributed by atoms with Gasteiger partial charge in [0.2, 0.25) is 0 Å². The molecule has 0 atom stereocenters. The Kier molecular flexibility index (Phi) is 10.6. The van der Waals surface area contributed by atoms with Crippen molar-refractivity contribution in [2.75, 3.05) is 0 Å². The van der Waals surface area contributed by atoms with Crippen LogP contribution in [-0.2, 0) is 0 Å². The number of aromatic nitrogens is 3. The number of hydrogen-bond donors (Lipinski definition) is 0. The molecule has 3 heterocycles. The first-order chi connectivity index (χ1) is 30.6. The Hall–Kier alpha value is -5.10. The molecule has 0 aliphatic rings. The van der Waals surface area contributed by atoms with Crippen LogP contribution in [0.5, 0.6) is 0 Å². The summed E-state index contributed by atoms with van der Waals surface area (Å²) in [7, 11) is 92.8. The summed E-state index contributed by atoms with van der Waals surface area (Å²) in [6.07, 6.45) is 0. The van der Waals surface area contributed by atoms with Gasteiger partial charge in [-0.2, -0.15) is 0 Å². The molecule has 0 saturated heterocycles. The number of thiophene rings is 2. The van der Waals surface area contributed by atoms with Crippen LogP contribution < -0.4 is 76.5 Å². The van der Waals surface area contributed by atoms with Crippen LogP contribution in [0.3, 0.4) is 0 Å². The molecule has 28 radical (unpaired) electrons. The third-order valence-corrected chi connectivity index (χ3v) is 14.3. The van der Waals surface area contributed by atoms with Gasteiger partial charge in [-0.05, 0) is 49.9 Å². The number of rotatable bonds is 5. The highest BCUT2D eigenvalue weighted by Gasteiger charge is 2.26. The van der Waals surface area contributed by atoms with Crippen molar-refractivity contribution in [2.45, 2.75) is 0 Å². The SMILES string of the molecule is [B]c1c([B])c([B])c2c(sc3c([B])c([B])c(-c4nc(-c5cccc(-c6ccc(-c7ccccc7)cc6)c5)nc(-c5c([B])c([B])c([B])c6c5sc5c([B])c([B])c([B])c([B])c56)n4)c([B])c32)c1[B]. The molecule has 19 heteroatoms. The predicted octanol–water partition coefficient (Wildman–Crippen LogP) is -3.94. The van der Waals surface area contributed by atoms with Gasteiger partial charge in [-0.3, -0.25) is 0 Å². The zero-order chi connectivity index (χ0) is 45.2. The molecule has 0 amide bonds. The third-order valence-electron chi connectivity index (χ3n) is 11.8. The maximum Gasteiger partial charge on any atom is 0.164 e. The van der Waals surface area contributed by atoms with E-state index in [4.69, 9.17) is 125 Å². The molecular formula is C45H13B14N3S2. The Balaban J connectivity index is 1.27. The van der Waals surface area contributed by atoms with E-state index in [1.54, 1.807) is 0 Å². The van der Waals surface area contributed by atoms with Crippen molar-refractivity contribution in [2.24, 2.45) is 0 Å². The molecule has 3 aromatic heterocycles. The maximum atomic E-state index is 7.14. The van der Waals surface area contributed by atoms with Crippen LogP contribution in [0.25, 0.3) is 96.8 Å². The van der Waals surface area contributed by atoms with Crippen LogP contribution in [0.2, 0.25) is 0 Å². The summed E-state index contributed by atoms with van der Waals surface area (Å²) in [5.74, 6) is 0.365. The quantitative estimate of drug-likeness (QED) is 0.167. The monoisotopic (exact) mass is 813 g/mol. The minimum Gasteiger partial charge on any atom is -0.208 e. The highest BCUT2D eigenvalue weighted by molar-refractivity contribution is 7.29. The molecule has 0 aliphatic heterocycles. The summed E-state index contributed by atoms with van der Waals surface area (Å²) in [4.78, 5) is 15.1. The third kappa shape index (κ3) is 6.38. The first-order valence-corrected chi connectivity index (χ1v) is 21.1. The fourth-order valence-corrected chi connectivity index (χ4v) is 10.9. The fourth-order valence-electron chi connectivity index (χ4n) is 8.31. The smallest absolute Gasteiger partial charge is 0.164 e. The summed E-state index contributed by atoms with van der Waals surface area (Å²) in [6, 6.07) is 26.1. The van der Waals surface area contributed by atoms with E-state index < -0.39 is 0 Å². The minimum atomic E-state index is 0.0482. The topological polar surface area (TPSA) is 38.7 Å². The Morgan fingerprint density at radius 1 is 0.266 bits per heavy atom. The van der Waals surface area contributed by atoms with Crippen molar-refractivity contribution in [3.8, 4) is 56.4 Å². The first-order valence-electron chi connectivity index (χ1n) is 19.5. The zero-order valence-corrected chi connectivity index (χ0v) is 35.4. The summed E-state index contributed by atoms with van der Waals surface area (Å²) < 4.78 is 2.09. The highest BCUT2D eigenvalue weighted by Crippen LogP contribution is 2.37. The van der Waals surface area contributed by atoms with E-state index in [2.05, 4.69) is 36.4 Å². The molecule has 0 saturated carbocycles. The summed E-state index contributed by atoms with van der Waals surface area (Å²) in [5, 5.41) is 1.82. The molecule has 3 nitrogen and oxygen atoms in total. The Bertz CT molecular complexity index is 3670. The average molecular weight is 811 g/mol. The van der Waals surface area contributed by atoms with Crippen LogP contribution in [0, 0.1) is 0 Å². The van der Waals surface area contributed by atoms with Gasteiger partial charge in [-0.25, -0.2) is 15.0 Å². The normalized spacial score (nSPS) is 11.7. The number of nitrogens with zero attached hydrogens (tertiary/aromatic N) is 3. The second kappa shape index (κ2) is 15.8.